The molecule has 0 spiro atoms. The highest BCUT2D eigenvalue weighted by Gasteiger charge is 2.20. The summed E-state index contributed by atoms with van der Waals surface area (Å²) in [6.07, 6.45) is 1.66. The monoisotopic (exact) mass is 247 g/mol. The zero-order valence-corrected chi connectivity index (χ0v) is 10.1. The van der Waals surface area contributed by atoms with Gasteiger partial charge in [0.2, 0.25) is 0 Å². The average molecular weight is 247 g/mol. The number of ether oxygens (including phenoxy) is 1. The van der Waals surface area contributed by atoms with E-state index in [-0.39, 0.29) is 6.61 Å². The van der Waals surface area contributed by atoms with Gasteiger partial charge >= 0.3 is 12.1 Å². The fraction of sp³-hybridized carbons (Fsp3) is 0.600. The van der Waals surface area contributed by atoms with E-state index in [1.807, 2.05) is 6.92 Å². The van der Waals surface area contributed by atoms with Crippen molar-refractivity contribution in [3.63, 3.8) is 0 Å². The molecular weight excluding hydrogens is 230 g/mol. The Morgan fingerprint density at radius 3 is 2.81 bits per heavy atom. The number of carboxylic acid groups (broad SMARTS) is 1. The molecule has 2 N–H and O–H groups in total. The normalized spacial score (nSPS) is 11.6. The molecule has 0 aliphatic carbocycles. The van der Waals surface area contributed by atoms with E-state index in [2.05, 4.69) is 16.6 Å². The van der Waals surface area contributed by atoms with Crippen LogP contribution in [0.3, 0.4) is 0 Å². The van der Waals surface area contributed by atoms with Gasteiger partial charge in [-0.15, -0.1) is 0 Å². The van der Waals surface area contributed by atoms with Gasteiger partial charge in [0.05, 0.1) is 0 Å². The van der Waals surface area contributed by atoms with Gasteiger partial charge in [-0.05, 0) is 12.2 Å². The fourth-order valence-electron chi connectivity index (χ4n) is 0.839. The molecule has 0 fully saturated rings. The molecule has 1 unspecified atom stereocenters. The molecular formula is C10H17NO4S. The van der Waals surface area contributed by atoms with E-state index in [1.54, 1.807) is 0 Å². The van der Waals surface area contributed by atoms with Crippen LogP contribution in [0.25, 0.3) is 0 Å². The molecule has 16 heavy (non-hydrogen) atoms. The van der Waals surface area contributed by atoms with E-state index < -0.39 is 18.1 Å². The lowest BCUT2D eigenvalue weighted by atomic mass is 10.3. The number of carbonyl (C=O) groups is 2. The molecule has 0 radical (unpaired) electrons. The third kappa shape index (κ3) is 7.17. The molecule has 0 aromatic rings. The Morgan fingerprint density at radius 1 is 1.62 bits per heavy atom. The van der Waals surface area contributed by atoms with Gasteiger partial charge in [0.25, 0.3) is 0 Å². The van der Waals surface area contributed by atoms with Gasteiger partial charge in [0, 0.05) is 5.75 Å². The van der Waals surface area contributed by atoms with Crippen molar-refractivity contribution < 1.29 is 19.4 Å². The van der Waals surface area contributed by atoms with Crippen LogP contribution in [0.15, 0.2) is 12.7 Å². The standard InChI is InChI=1S/C10H17NO4S/c1-3-5-15-10(14)11-8(9(12)13)7-16-6-4-2/h3,8H,1,4-7H2,2H3,(H,11,14)(H,12,13). The Morgan fingerprint density at radius 2 is 2.31 bits per heavy atom. The topological polar surface area (TPSA) is 75.6 Å². The molecule has 0 rings (SSSR count). The number of alkyl carbamates (subject to hydrolysis) is 1. The molecule has 5 nitrogen and oxygen atoms in total. The summed E-state index contributed by atoms with van der Waals surface area (Å²) < 4.78 is 4.64. The summed E-state index contributed by atoms with van der Waals surface area (Å²) in [6, 6.07) is -0.908. The Hall–Kier alpha value is -1.17. The van der Waals surface area contributed by atoms with Crippen molar-refractivity contribution in [1.29, 1.82) is 0 Å². The Balaban J connectivity index is 3.96. The highest BCUT2D eigenvalue weighted by Crippen LogP contribution is 2.05. The van der Waals surface area contributed by atoms with Gasteiger partial charge in [0.1, 0.15) is 12.6 Å². The lowest BCUT2D eigenvalue weighted by Crippen LogP contribution is -2.42. The van der Waals surface area contributed by atoms with Gasteiger partial charge in [-0.3, -0.25) is 0 Å². The summed E-state index contributed by atoms with van der Waals surface area (Å²) in [4.78, 5) is 21.9. The van der Waals surface area contributed by atoms with Crippen molar-refractivity contribution in [2.75, 3.05) is 18.1 Å². The van der Waals surface area contributed by atoms with Crippen LogP contribution in [0.5, 0.6) is 0 Å². The third-order valence-electron chi connectivity index (χ3n) is 1.56. The van der Waals surface area contributed by atoms with Crippen LogP contribution in [-0.2, 0) is 9.53 Å². The molecule has 0 saturated heterocycles. The SMILES string of the molecule is C=CCOC(=O)NC(CSCCC)C(=O)O. The number of hydrogen-bond donors (Lipinski definition) is 2. The van der Waals surface area contributed by atoms with Gasteiger partial charge in [-0.1, -0.05) is 19.6 Å². The van der Waals surface area contributed by atoms with Crippen molar-refractivity contribution in [3.05, 3.63) is 12.7 Å². The van der Waals surface area contributed by atoms with Crippen LogP contribution < -0.4 is 5.32 Å². The minimum atomic E-state index is -1.06. The molecule has 1 atom stereocenters. The Labute approximate surface area is 99.2 Å². The molecule has 1 amide bonds. The van der Waals surface area contributed by atoms with Crippen molar-refractivity contribution in [2.24, 2.45) is 0 Å². The van der Waals surface area contributed by atoms with Crippen LogP contribution in [0.4, 0.5) is 4.79 Å². The largest absolute Gasteiger partial charge is 0.480 e. The van der Waals surface area contributed by atoms with Crippen LogP contribution >= 0.6 is 11.8 Å². The first kappa shape index (κ1) is 14.8. The molecule has 0 aliphatic rings. The average Bonchev–Trinajstić information content (AvgIpc) is 2.25. The van der Waals surface area contributed by atoms with Crippen molar-refractivity contribution in [2.45, 2.75) is 19.4 Å². The maximum absolute atomic E-state index is 11.1. The number of aliphatic carboxylic acids is 1. The van der Waals surface area contributed by atoms with E-state index in [9.17, 15) is 9.59 Å². The summed E-state index contributed by atoms with van der Waals surface area (Å²) in [5.74, 6) is 0.152. The summed E-state index contributed by atoms with van der Waals surface area (Å²) in [7, 11) is 0. The molecule has 0 heterocycles. The summed E-state index contributed by atoms with van der Waals surface area (Å²) in [5, 5.41) is 11.1. The number of thioether (sulfide) groups is 1. The van der Waals surface area contributed by atoms with Crippen LogP contribution in [-0.4, -0.2) is 41.3 Å². The van der Waals surface area contributed by atoms with E-state index in [1.165, 1.54) is 17.8 Å². The summed E-state index contributed by atoms with van der Waals surface area (Å²) in [6.45, 7) is 5.46. The van der Waals surface area contributed by atoms with Gasteiger partial charge in [-0.2, -0.15) is 11.8 Å². The zero-order valence-electron chi connectivity index (χ0n) is 9.27. The molecule has 0 saturated carbocycles. The highest BCUT2D eigenvalue weighted by molar-refractivity contribution is 7.99. The second kappa shape index (κ2) is 9.08. The second-order valence-corrected chi connectivity index (χ2v) is 4.15. The number of amides is 1. The number of carboxylic acids is 1. The van der Waals surface area contributed by atoms with Crippen LogP contribution in [0.1, 0.15) is 13.3 Å². The molecule has 0 bridgehead atoms. The fourth-order valence-corrected chi connectivity index (χ4v) is 1.76. The minimum absolute atomic E-state index is 0.0697. The van der Waals surface area contributed by atoms with Crippen molar-refractivity contribution in [1.82, 2.24) is 5.32 Å². The predicted molar refractivity (Wildman–Crippen MR) is 63.7 cm³/mol. The Bertz CT molecular complexity index is 245. The number of rotatable bonds is 8. The minimum Gasteiger partial charge on any atom is -0.480 e. The van der Waals surface area contributed by atoms with Crippen LogP contribution in [0.2, 0.25) is 0 Å². The first-order valence-corrected chi connectivity index (χ1v) is 6.12. The first-order valence-electron chi connectivity index (χ1n) is 4.96. The maximum atomic E-state index is 11.1. The molecule has 92 valence electrons. The summed E-state index contributed by atoms with van der Waals surface area (Å²) in [5.41, 5.74) is 0. The van der Waals surface area contributed by atoms with E-state index >= 15 is 0 Å². The van der Waals surface area contributed by atoms with E-state index in [0.717, 1.165) is 12.2 Å². The van der Waals surface area contributed by atoms with Crippen molar-refractivity contribution in [3.8, 4) is 0 Å². The predicted octanol–water partition coefficient (Wildman–Crippen LogP) is 1.50. The number of carbonyl (C=O) groups excluding carboxylic acids is 1. The molecule has 0 aromatic heterocycles. The lowest BCUT2D eigenvalue weighted by Gasteiger charge is -2.13. The lowest BCUT2D eigenvalue weighted by molar-refractivity contribution is -0.138. The first-order chi connectivity index (χ1) is 7.61. The molecule has 6 heteroatoms. The molecule has 0 aromatic carbocycles. The van der Waals surface area contributed by atoms with Crippen LogP contribution in [0, 0.1) is 0 Å². The highest BCUT2D eigenvalue weighted by atomic mass is 32.2. The summed E-state index contributed by atoms with van der Waals surface area (Å²) >= 11 is 1.48. The third-order valence-corrected chi connectivity index (χ3v) is 2.82. The Kier molecular flexibility index (Phi) is 8.42. The maximum Gasteiger partial charge on any atom is 0.408 e. The van der Waals surface area contributed by atoms with Crippen molar-refractivity contribution >= 4 is 23.8 Å². The van der Waals surface area contributed by atoms with Gasteiger partial charge < -0.3 is 15.2 Å². The number of nitrogens with one attached hydrogen (secondary N) is 1. The zero-order chi connectivity index (χ0) is 12.4. The second-order valence-electron chi connectivity index (χ2n) is 3.00. The quantitative estimate of drug-likeness (QED) is 0.502. The van der Waals surface area contributed by atoms with Gasteiger partial charge in [0.15, 0.2) is 0 Å². The van der Waals surface area contributed by atoms with E-state index in [4.69, 9.17) is 5.11 Å². The van der Waals surface area contributed by atoms with E-state index in [0.29, 0.717) is 5.75 Å². The molecule has 0 aliphatic heterocycles. The smallest absolute Gasteiger partial charge is 0.408 e. The number of hydrogen-bond acceptors (Lipinski definition) is 4. The van der Waals surface area contributed by atoms with Gasteiger partial charge in [-0.25, -0.2) is 9.59 Å².